The van der Waals surface area contributed by atoms with Crippen molar-refractivity contribution in [3.8, 4) is 17.0 Å². The summed E-state index contributed by atoms with van der Waals surface area (Å²) >= 11 is 0. The normalized spacial score (nSPS) is 16.4. The van der Waals surface area contributed by atoms with Gasteiger partial charge in [0.2, 0.25) is 0 Å². The first-order chi connectivity index (χ1) is 18.3. The molecule has 0 amide bonds. The van der Waals surface area contributed by atoms with Gasteiger partial charge >= 0.3 is 0 Å². The Hall–Kier alpha value is -3.49. The summed E-state index contributed by atoms with van der Waals surface area (Å²) in [7, 11) is -3.42. The molecule has 38 heavy (non-hydrogen) atoms. The van der Waals surface area contributed by atoms with Crippen molar-refractivity contribution in [3.05, 3.63) is 77.9 Å². The molecule has 1 atom stereocenters. The number of hydrogen-bond donors (Lipinski definition) is 1. The van der Waals surface area contributed by atoms with E-state index in [0.717, 1.165) is 60.2 Å². The molecule has 1 aliphatic rings. The summed E-state index contributed by atoms with van der Waals surface area (Å²) in [5.41, 5.74) is 3.46. The first-order valence-corrected chi connectivity index (χ1v) is 15.0. The number of likely N-dealkylation sites (N-methyl/N-ethyl adjacent to an activating group) is 1. The Kier molecular flexibility index (Phi) is 7.63. The van der Waals surface area contributed by atoms with Crippen molar-refractivity contribution in [1.29, 1.82) is 0 Å². The summed E-state index contributed by atoms with van der Waals surface area (Å²) in [4.78, 5) is 2.66. The molecule has 0 unspecified atom stereocenters. The Balaban J connectivity index is 1.57. The molecule has 1 saturated heterocycles. The van der Waals surface area contributed by atoms with Gasteiger partial charge in [0.1, 0.15) is 18.1 Å². The van der Waals surface area contributed by atoms with Gasteiger partial charge in [-0.1, -0.05) is 55.0 Å². The molecule has 2 heterocycles. The van der Waals surface area contributed by atoms with E-state index in [1.807, 2.05) is 30.3 Å². The van der Waals surface area contributed by atoms with Crippen LogP contribution in [0, 0.1) is 6.92 Å². The third kappa shape index (κ3) is 5.81. The number of nitrogens with zero attached hydrogens (tertiary/aromatic N) is 3. The number of hydrogen-bond acceptors (Lipinski definition) is 7. The number of ether oxygens (including phenoxy) is 1. The lowest BCUT2D eigenvalue weighted by molar-refractivity contribution is 0.226. The van der Waals surface area contributed by atoms with Crippen LogP contribution in [0.3, 0.4) is 0 Å². The van der Waals surface area contributed by atoms with Crippen LogP contribution in [0.2, 0.25) is 0 Å². The van der Waals surface area contributed by atoms with Crippen LogP contribution in [-0.2, 0) is 16.4 Å². The smallest absolute Gasteiger partial charge is 0.175 e. The van der Waals surface area contributed by atoms with Gasteiger partial charge in [-0.3, -0.25) is 0 Å². The van der Waals surface area contributed by atoms with E-state index in [0.29, 0.717) is 29.7 Å². The SMILES string of the molecule is CCN1CCC[C@@H](Nc2nnc(-c3ccc(S(C)(=O)=O)cc3OCc3ccccc3)c3cc(C)ccc23)C1. The summed E-state index contributed by atoms with van der Waals surface area (Å²) in [6.45, 7) is 7.71. The number of anilines is 1. The van der Waals surface area contributed by atoms with Crippen molar-refractivity contribution in [1.82, 2.24) is 15.1 Å². The molecule has 1 N–H and O–H groups in total. The summed E-state index contributed by atoms with van der Waals surface area (Å²) in [6.07, 6.45) is 3.45. The molecule has 1 aliphatic heterocycles. The number of sulfone groups is 1. The van der Waals surface area contributed by atoms with Gasteiger partial charge < -0.3 is 15.0 Å². The molecule has 4 aromatic rings. The molecule has 0 aliphatic carbocycles. The lowest BCUT2D eigenvalue weighted by atomic mass is 10.0. The van der Waals surface area contributed by atoms with Crippen LogP contribution in [0.4, 0.5) is 5.82 Å². The summed E-state index contributed by atoms with van der Waals surface area (Å²) in [5.74, 6) is 1.23. The van der Waals surface area contributed by atoms with Gasteiger partial charge in [0.15, 0.2) is 15.7 Å². The lowest BCUT2D eigenvalue weighted by Gasteiger charge is -2.32. The number of benzene rings is 3. The van der Waals surface area contributed by atoms with Crippen LogP contribution in [0.5, 0.6) is 5.75 Å². The Bertz CT molecular complexity index is 1540. The van der Waals surface area contributed by atoms with Crippen molar-refractivity contribution in [2.45, 2.75) is 44.2 Å². The Morgan fingerprint density at radius 3 is 2.61 bits per heavy atom. The minimum Gasteiger partial charge on any atom is -0.488 e. The highest BCUT2D eigenvalue weighted by molar-refractivity contribution is 7.90. The summed E-state index contributed by atoms with van der Waals surface area (Å²) in [6, 6.07) is 21.4. The van der Waals surface area contributed by atoms with Gasteiger partial charge in [0.25, 0.3) is 0 Å². The molecule has 198 valence electrons. The highest BCUT2D eigenvalue weighted by atomic mass is 32.2. The fraction of sp³-hybridized carbons (Fsp3) is 0.333. The molecule has 0 bridgehead atoms. The third-order valence-corrected chi connectivity index (χ3v) is 8.21. The maximum absolute atomic E-state index is 12.3. The fourth-order valence-electron chi connectivity index (χ4n) is 5.01. The number of fused-ring (bicyclic) bond motifs is 1. The van der Waals surface area contributed by atoms with E-state index in [-0.39, 0.29) is 4.90 Å². The van der Waals surface area contributed by atoms with Crippen molar-refractivity contribution in [2.24, 2.45) is 0 Å². The molecule has 1 aromatic heterocycles. The second-order valence-electron chi connectivity index (χ2n) is 10.0. The average molecular weight is 531 g/mol. The summed E-state index contributed by atoms with van der Waals surface area (Å²) in [5, 5.41) is 14.9. The number of likely N-dealkylation sites (tertiary alicyclic amines) is 1. The van der Waals surface area contributed by atoms with Crippen LogP contribution >= 0.6 is 0 Å². The third-order valence-electron chi connectivity index (χ3n) is 7.10. The van der Waals surface area contributed by atoms with Crippen molar-refractivity contribution in [2.75, 3.05) is 31.2 Å². The first kappa shape index (κ1) is 26.1. The van der Waals surface area contributed by atoms with E-state index < -0.39 is 9.84 Å². The monoisotopic (exact) mass is 530 g/mol. The van der Waals surface area contributed by atoms with Gasteiger partial charge in [-0.05, 0) is 62.7 Å². The molecule has 8 heteroatoms. The molecule has 0 saturated carbocycles. The van der Waals surface area contributed by atoms with E-state index >= 15 is 0 Å². The van der Waals surface area contributed by atoms with Crippen LogP contribution in [0.1, 0.15) is 30.9 Å². The zero-order valence-corrected chi connectivity index (χ0v) is 23.0. The average Bonchev–Trinajstić information content (AvgIpc) is 2.92. The van der Waals surface area contributed by atoms with E-state index in [1.165, 1.54) is 6.26 Å². The van der Waals surface area contributed by atoms with Gasteiger partial charge in [0.05, 0.1) is 4.90 Å². The number of aryl methyl sites for hydroxylation is 1. The van der Waals surface area contributed by atoms with E-state index in [4.69, 9.17) is 4.74 Å². The largest absolute Gasteiger partial charge is 0.488 e. The number of aromatic nitrogens is 2. The highest BCUT2D eigenvalue weighted by Crippen LogP contribution is 2.37. The standard InChI is InChI=1S/C30H34N4O3S/c1-4-34-16-8-11-23(19-34)31-30-25-14-12-21(2)17-27(25)29(32-33-30)26-15-13-24(38(3,35)36)18-28(26)37-20-22-9-6-5-7-10-22/h5-7,9-10,12-15,17-18,23H,4,8,11,16,19-20H2,1-3H3,(H,31,33)/t23-/m1/s1. The van der Waals surface area contributed by atoms with E-state index in [9.17, 15) is 8.42 Å². The predicted octanol–water partition coefficient (Wildman–Crippen LogP) is 5.48. The van der Waals surface area contributed by atoms with Crippen LogP contribution < -0.4 is 10.1 Å². The molecule has 5 rings (SSSR count). The van der Waals surface area contributed by atoms with Gasteiger partial charge in [0, 0.05) is 35.2 Å². The Morgan fingerprint density at radius 2 is 1.84 bits per heavy atom. The zero-order chi connectivity index (χ0) is 26.7. The number of rotatable bonds is 8. The number of piperidine rings is 1. The molecule has 1 fully saturated rings. The topological polar surface area (TPSA) is 84.4 Å². The number of nitrogens with one attached hydrogen (secondary N) is 1. The predicted molar refractivity (Wildman–Crippen MR) is 152 cm³/mol. The van der Waals surface area contributed by atoms with Crippen molar-refractivity contribution in [3.63, 3.8) is 0 Å². The first-order valence-electron chi connectivity index (χ1n) is 13.1. The van der Waals surface area contributed by atoms with Crippen LogP contribution in [-0.4, -0.2) is 55.4 Å². The molecule has 3 aromatic carbocycles. The quantitative estimate of drug-likeness (QED) is 0.323. The van der Waals surface area contributed by atoms with Crippen molar-refractivity contribution < 1.29 is 13.2 Å². The van der Waals surface area contributed by atoms with Gasteiger partial charge in [-0.25, -0.2) is 8.42 Å². The minimum atomic E-state index is -3.42. The van der Waals surface area contributed by atoms with Gasteiger partial charge in [-0.15, -0.1) is 10.2 Å². The lowest BCUT2D eigenvalue weighted by Crippen LogP contribution is -2.42. The summed E-state index contributed by atoms with van der Waals surface area (Å²) < 4.78 is 30.9. The molecular weight excluding hydrogens is 496 g/mol. The Morgan fingerprint density at radius 1 is 1.03 bits per heavy atom. The second-order valence-corrected chi connectivity index (χ2v) is 12.0. The Labute approximate surface area is 224 Å². The van der Waals surface area contributed by atoms with Crippen LogP contribution in [0.25, 0.3) is 22.0 Å². The maximum Gasteiger partial charge on any atom is 0.175 e. The van der Waals surface area contributed by atoms with Crippen molar-refractivity contribution >= 4 is 26.4 Å². The van der Waals surface area contributed by atoms with Gasteiger partial charge in [-0.2, -0.15) is 0 Å². The molecule has 0 radical (unpaired) electrons. The minimum absolute atomic E-state index is 0.203. The van der Waals surface area contributed by atoms with E-state index in [2.05, 4.69) is 52.5 Å². The second kappa shape index (κ2) is 11.1. The molecule has 7 nitrogen and oxygen atoms in total. The highest BCUT2D eigenvalue weighted by Gasteiger charge is 2.22. The maximum atomic E-state index is 12.3. The molecular formula is C30H34N4O3S. The van der Waals surface area contributed by atoms with Crippen LogP contribution in [0.15, 0.2) is 71.6 Å². The molecule has 0 spiro atoms. The zero-order valence-electron chi connectivity index (χ0n) is 22.1. The fourth-order valence-corrected chi connectivity index (χ4v) is 5.65. The van der Waals surface area contributed by atoms with E-state index in [1.54, 1.807) is 18.2 Å².